The van der Waals surface area contributed by atoms with Crippen molar-refractivity contribution in [3.8, 4) is 11.5 Å². The van der Waals surface area contributed by atoms with Gasteiger partial charge in [0.1, 0.15) is 21.8 Å². The van der Waals surface area contributed by atoms with Crippen molar-refractivity contribution < 1.29 is 19.0 Å². The Morgan fingerprint density at radius 3 is 2.91 bits per heavy atom. The first-order chi connectivity index (χ1) is 17.1. The summed E-state index contributed by atoms with van der Waals surface area (Å²) in [6.45, 7) is 3.90. The van der Waals surface area contributed by atoms with E-state index in [1.807, 2.05) is 36.4 Å². The third kappa shape index (κ3) is 3.86. The summed E-state index contributed by atoms with van der Waals surface area (Å²) in [6.07, 6.45) is 3.38. The maximum atomic E-state index is 13.1. The van der Waals surface area contributed by atoms with Gasteiger partial charge < -0.3 is 14.4 Å². The summed E-state index contributed by atoms with van der Waals surface area (Å²) in [5.74, 6) is 2.74. The second kappa shape index (κ2) is 9.00. The van der Waals surface area contributed by atoms with Gasteiger partial charge in [0.05, 0.1) is 30.4 Å². The van der Waals surface area contributed by atoms with E-state index in [1.165, 1.54) is 5.56 Å². The van der Waals surface area contributed by atoms with E-state index >= 15 is 0 Å². The van der Waals surface area contributed by atoms with Gasteiger partial charge >= 0.3 is 6.17 Å². The fourth-order valence-corrected chi connectivity index (χ4v) is 6.07. The second-order valence-electron chi connectivity index (χ2n) is 9.82. The molecule has 1 fully saturated rings. The number of hydrogen-bond acceptors (Lipinski definition) is 6. The standard InChI is InChI=1S/C27H30N4O4/c1-34-24-7-4-8-25-27(24)20-15-29(14-18(20)17-35-25)13-3-2-9-26-30(32)16-21-19-6-5-12-28-22(19)10-11-23(21)31(26)33/h4-8,10-12,18,20,26H,2-3,9,13-17H2,1H3/q+2/t18-,20+,26?/m0/s1. The summed E-state index contributed by atoms with van der Waals surface area (Å²) < 4.78 is 13.5. The van der Waals surface area contributed by atoms with Crippen LogP contribution in [0.3, 0.4) is 0 Å². The summed E-state index contributed by atoms with van der Waals surface area (Å²) in [4.78, 5) is 32.7. The van der Waals surface area contributed by atoms with Crippen LogP contribution < -0.4 is 9.47 Å². The zero-order chi connectivity index (χ0) is 23.9. The lowest BCUT2D eigenvalue weighted by Gasteiger charge is -2.29. The van der Waals surface area contributed by atoms with Gasteiger partial charge in [-0.05, 0) is 43.7 Å². The van der Waals surface area contributed by atoms with Gasteiger partial charge in [0.15, 0.2) is 0 Å². The molecule has 3 aliphatic rings. The van der Waals surface area contributed by atoms with E-state index in [2.05, 4.69) is 9.88 Å². The predicted molar refractivity (Wildman–Crippen MR) is 131 cm³/mol. The smallest absolute Gasteiger partial charge is 0.437 e. The fourth-order valence-electron chi connectivity index (χ4n) is 6.07. The number of fused-ring (bicyclic) bond motifs is 6. The Morgan fingerprint density at radius 1 is 1.11 bits per heavy atom. The number of likely N-dealkylation sites (tertiary alicyclic amines) is 1. The van der Waals surface area contributed by atoms with Crippen molar-refractivity contribution in [1.82, 2.24) is 9.88 Å². The molecule has 0 radical (unpaired) electrons. The van der Waals surface area contributed by atoms with Gasteiger partial charge in [0.2, 0.25) is 6.54 Å². The molecule has 1 unspecified atom stereocenters. The van der Waals surface area contributed by atoms with E-state index in [-0.39, 0.29) is 6.54 Å². The Kier molecular flexibility index (Phi) is 5.68. The van der Waals surface area contributed by atoms with Gasteiger partial charge in [-0.2, -0.15) is 0 Å². The number of ether oxygens (including phenoxy) is 2. The van der Waals surface area contributed by atoms with Crippen LogP contribution in [0.2, 0.25) is 0 Å². The van der Waals surface area contributed by atoms with Crippen LogP contribution in [0.4, 0.5) is 5.69 Å². The highest BCUT2D eigenvalue weighted by molar-refractivity contribution is 5.85. The molecule has 180 valence electrons. The fraction of sp³-hybridized carbons (Fsp3) is 0.444. The molecule has 6 rings (SSSR count). The van der Waals surface area contributed by atoms with E-state index in [0.717, 1.165) is 76.6 Å². The zero-order valence-corrected chi connectivity index (χ0v) is 19.9. The van der Waals surface area contributed by atoms with E-state index in [0.29, 0.717) is 23.9 Å². The van der Waals surface area contributed by atoms with E-state index in [9.17, 15) is 9.81 Å². The van der Waals surface area contributed by atoms with Crippen molar-refractivity contribution >= 4 is 16.6 Å². The summed E-state index contributed by atoms with van der Waals surface area (Å²) in [5.41, 5.74) is 3.37. The number of nitroso groups, excluding NO2 is 2. The predicted octanol–water partition coefficient (Wildman–Crippen LogP) is 4.55. The molecule has 0 saturated carbocycles. The molecular formula is C27H30N4O4+2. The van der Waals surface area contributed by atoms with Gasteiger partial charge in [-0.3, -0.25) is 4.98 Å². The van der Waals surface area contributed by atoms with Gasteiger partial charge in [0, 0.05) is 58.0 Å². The minimum Gasteiger partial charge on any atom is -0.496 e. The third-order valence-electron chi connectivity index (χ3n) is 7.80. The molecule has 3 aliphatic heterocycles. The third-order valence-corrected chi connectivity index (χ3v) is 7.80. The summed E-state index contributed by atoms with van der Waals surface area (Å²) in [7, 11) is 1.72. The van der Waals surface area contributed by atoms with Crippen molar-refractivity contribution in [1.29, 1.82) is 0 Å². The molecule has 0 aliphatic carbocycles. The number of unbranched alkanes of at least 4 members (excludes halogenated alkanes) is 1. The number of pyridine rings is 1. The molecule has 1 aromatic heterocycles. The largest absolute Gasteiger partial charge is 0.496 e. The molecule has 0 bridgehead atoms. The Morgan fingerprint density at radius 2 is 2.03 bits per heavy atom. The Balaban J connectivity index is 1.07. The SMILES string of the molecule is COc1cccc2c1[C@@H]1CN(CCCCC3[N+](=O)Cc4c(ccc5ncccc45)[N+]3=O)C[C@H]1CO2. The van der Waals surface area contributed by atoms with Crippen LogP contribution in [-0.2, 0) is 6.54 Å². The highest BCUT2D eigenvalue weighted by atomic mass is 16.5. The highest BCUT2D eigenvalue weighted by Crippen LogP contribution is 2.46. The number of rotatable bonds is 6. The Labute approximate surface area is 204 Å². The Bertz CT molecular complexity index is 1300. The normalized spacial score (nSPS) is 23.5. The second-order valence-corrected chi connectivity index (χ2v) is 9.82. The number of methoxy groups -OCH3 is 1. The first kappa shape index (κ1) is 22.1. The van der Waals surface area contributed by atoms with Crippen LogP contribution >= 0.6 is 0 Å². The van der Waals surface area contributed by atoms with Crippen LogP contribution in [-0.4, -0.2) is 58.9 Å². The Hall–Kier alpha value is -3.39. The molecule has 0 amide bonds. The van der Waals surface area contributed by atoms with E-state index < -0.39 is 6.17 Å². The molecule has 8 heteroatoms. The lowest BCUT2D eigenvalue weighted by Crippen LogP contribution is -2.37. The monoisotopic (exact) mass is 474 g/mol. The molecule has 0 N–H and O–H groups in total. The van der Waals surface area contributed by atoms with Crippen molar-refractivity contribution in [2.24, 2.45) is 5.92 Å². The van der Waals surface area contributed by atoms with Crippen LogP contribution in [0.15, 0.2) is 48.7 Å². The molecule has 1 saturated heterocycles. The van der Waals surface area contributed by atoms with Gasteiger partial charge in [-0.15, -0.1) is 0 Å². The summed E-state index contributed by atoms with van der Waals surface area (Å²) in [5, 5.41) is 0.878. The van der Waals surface area contributed by atoms with Gasteiger partial charge in [-0.25, -0.2) is 0 Å². The number of benzene rings is 2. The molecule has 3 atom stereocenters. The average Bonchev–Trinajstić information content (AvgIpc) is 3.31. The average molecular weight is 475 g/mol. The quantitative estimate of drug-likeness (QED) is 0.385. The van der Waals surface area contributed by atoms with Crippen molar-refractivity contribution in [2.45, 2.75) is 37.9 Å². The minimum absolute atomic E-state index is 0.221. The maximum absolute atomic E-state index is 13.1. The molecular weight excluding hydrogens is 444 g/mol. The molecule has 35 heavy (non-hydrogen) atoms. The van der Waals surface area contributed by atoms with Crippen LogP contribution in [0.5, 0.6) is 11.5 Å². The zero-order valence-electron chi connectivity index (χ0n) is 19.9. The first-order valence-corrected chi connectivity index (χ1v) is 12.4. The van der Waals surface area contributed by atoms with Crippen molar-refractivity contribution in [3.63, 3.8) is 0 Å². The lowest BCUT2D eigenvalue weighted by molar-refractivity contribution is -0.784. The van der Waals surface area contributed by atoms with Crippen LogP contribution in [0.25, 0.3) is 10.9 Å². The molecule has 8 nitrogen and oxygen atoms in total. The number of aromatic nitrogens is 1. The summed E-state index contributed by atoms with van der Waals surface area (Å²) >= 11 is 0. The molecule has 4 heterocycles. The van der Waals surface area contributed by atoms with Crippen LogP contribution in [0, 0.1) is 15.7 Å². The molecule has 0 spiro atoms. The number of hydrogen-bond donors (Lipinski definition) is 0. The topological polar surface area (TPSA) is 74.8 Å². The van der Waals surface area contributed by atoms with Gasteiger partial charge in [-0.1, -0.05) is 12.1 Å². The highest BCUT2D eigenvalue weighted by Gasteiger charge is 2.48. The maximum Gasteiger partial charge on any atom is 0.437 e. The van der Waals surface area contributed by atoms with E-state index in [1.54, 1.807) is 19.4 Å². The number of nitrogens with zero attached hydrogens (tertiary/aromatic N) is 4. The lowest BCUT2D eigenvalue weighted by atomic mass is 9.86. The molecule has 2 aromatic carbocycles. The minimum atomic E-state index is -0.678. The van der Waals surface area contributed by atoms with Gasteiger partial charge in [0.25, 0.3) is 5.69 Å². The van der Waals surface area contributed by atoms with Crippen molar-refractivity contribution in [3.05, 3.63) is 69.6 Å². The van der Waals surface area contributed by atoms with Crippen molar-refractivity contribution in [2.75, 3.05) is 33.4 Å². The summed E-state index contributed by atoms with van der Waals surface area (Å²) in [6, 6.07) is 13.5. The molecule has 3 aromatic rings. The van der Waals surface area contributed by atoms with Crippen LogP contribution in [0.1, 0.15) is 36.3 Å². The first-order valence-electron chi connectivity index (χ1n) is 12.4. The van der Waals surface area contributed by atoms with E-state index in [4.69, 9.17) is 9.47 Å².